The molecule has 0 amide bonds. The maximum atomic E-state index is 9.15. The minimum Gasteiger partial charge on any atom is -0.469 e. The highest BCUT2D eigenvalue weighted by Gasteiger charge is 2.10. The number of aromatic nitrogens is 1. The van der Waals surface area contributed by atoms with E-state index in [1.165, 1.54) is 0 Å². The lowest BCUT2D eigenvalue weighted by Crippen LogP contribution is -2.18. The van der Waals surface area contributed by atoms with Crippen LogP contribution in [0.15, 0.2) is 35.1 Å². The van der Waals surface area contributed by atoms with E-state index in [0.29, 0.717) is 11.4 Å². The second kappa shape index (κ2) is 6.05. The number of hydrogen-bond donors (Lipinski definition) is 1. The Kier molecular flexibility index (Phi) is 4.19. The highest BCUT2D eigenvalue weighted by molar-refractivity contribution is 5.55. The summed E-state index contributed by atoms with van der Waals surface area (Å²) >= 11 is 0. The lowest BCUT2D eigenvalue weighted by atomic mass is 10.1. The summed E-state index contributed by atoms with van der Waals surface area (Å²) < 4.78 is 5.30. The fourth-order valence-corrected chi connectivity index (χ4v) is 1.93. The Morgan fingerprint density at radius 2 is 2.32 bits per heavy atom. The first kappa shape index (κ1) is 13.2. The Hall–Kier alpha value is -2.28. The molecule has 0 spiro atoms. The minimum absolute atomic E-state index is 0.228. The van der Waals surface area contributed by atoms with Gasteiger partial charge >= 0.3 is 0 Å². The zero-order valence-corrected chi connectivity index (χ0v) is 11.2. The fourth-order valence-electron chi connectivity index (χ4n) is 1.93. The lowest BCUT2D eigenvalue weighted by molar-refractivity contribution is 0.495. The van der Waals surface area contributed by atoms with E-state index in [1.807, 2.05) is 25.1 Å². The van der Waals surface area contributed by atoms with Crippen molar-refractivity contribution in [2.45, 2.75) is 32.7 Å². The summed E-state index contributed by atoms with van der Waals surface area (Å²) in [6.07, 6.45) is 5.20. The molecule has 2 rings (SSSR count). The average molecular weight is 255 g/mol. The molecule has 4 nitrogen and oxygen atoms in total. The monoisotopic (exact) mass is 255 g/mol. The van der Waals surface area contributed by atoms with E-state index in [0.717, 1.165) is 24.2 Å². The maximum absolute atomic E-state index is 9.15. The van der Waals surface area contributed by atoms with Crippen LogP contribution in [0, 0.1) is 18.3 Å². The summed E-state index contributed by atoms with van der Waals surface area (Å²) in [5, 5.41) is 12.4. The van der Waals surface area contributed by atoms with Gasteiger partial charge in [0.15, 0.2) is 0 Å². The summed E-state index contributed by atoms with van der Waals surface area (Å²) in [5.41, 5.74) is 1.56. The van der Waals surface area contributed by atoms with Crippen LogP contribution >= 0.6 is 0 Å². The van der Waals surface area contributed by atoms with Gasteiger partial charge in [-0.25, -0.2) is 4.98 Å². The highest BCUT2D eigenvalue weighted by Crippen LogP contribution is 2.17. The minimum atomic E-state index is 0.228. The van der Waals surface area contributed by atoms with Crippen LogP contribution in [0.5, 0.6) is 0 Å². The molecule has 0 saturated heterocycles. The van der Waals surface area contributed by atoms with Crippen LogP contribution in [0.25, 0.3) is 0 Å². The van der Waals surface area contributed by atoms with Crippen molar-refractivity contribution in [3.63, 3.8) is 0 Å². The van der Waals surface area contributed by atoms with E-state index in [1.54, 1.807) is 12.5 Å². The Morgan fingerprint density at radius 1 is 1.47 bits per heavy atom. The molecule has 0 bridgehead atoms. The second-order valence-electron chi connectivity index (χ2n) is 4.63. The number of pyridine rings is 1. The van der Waals surface area contributed by atoms with Gasteiger partial charge in [0, 0.05) is 18.7 Å². The van der Waals surface area contributed by atoms with E-state index in [2.05, 4.69) is 23.3 Å². The van der Waals surface area contributed by atoms with Gasteiger partial charge in [0.05, 0.1) is 11.8 Å². The van der Waals surface area contributed by atoms with Crippen molar-refractivity contribution < 1.29 is 4.42 Å². The number of anilines is 1. The first-order valence-electron chi connectivity index (χ1n) is 6.35. The third kappa shape index (κ3) is 3.35. The number of nitrogens with zero attached hydrogens (tertiary/aromatic N) is 2. The lowest BCUT2D eigenvalue weighted by Gasteiger charge is -2.15. The summed E-state index contributed by atoms with van der Waals surface area (Å²) in [6.45, 7) is 3.99. The van der Waals surface area contributed by atoms with Crippen molar-refractivity contribution in [1.82, 2.24) is 4.98 Å². The molecule has 2 aromatic rings. The van der Waals surface area contributed by atoms with Crippen LogP contribution in [0.1, 0.15) is 30.2 Å². The first-order chi connectivity index (χ1) is 9.20. The summed E-state index contributed by atoms with van der Waals surface area (Å²) in [6, 6.07) is 8.13. The summed E-state index contributed by atoms with van der Waals surface area (Å²) in [7, 11) is 0. The van der Waals surface area contributed by atoms with E-state index in [-0.39, 0.29) is 6.04 Å². The van der Waals surface area contributed by atoms with Crippen LogP contribution in [-0.2, 0) is 6.42 Å². The quantitative estimate of drug-likeness (QED) is 0.890. The van der Waals surface area contributed by atoms with Crippen LogP contribution in [-0.4, -0.2) is 11.0 Å². The molecule has 0 aliphatic carbocycles. The second-order valence-corrected chi connectivity index (χ2v) is 4.63. The fraction of sp³-hybridized carbons (Fsp3) is 0.333. The molecule has 0 aliphatic heterocycles. The zero-order valence-electron chi connectivity index (χ0n) is 11.2. The highest BCUT2D eigenvalue weighted by atomic mass is 16.3. The number of aryl methyl sites for hydroxylation is 2. The third-order valence-corrected chi connectivity index (χ3v) is 3.06. The normalized spacial score (nSPS) is 11.8. The predicted octanol–water partition coefficient (Wildman–Crippen LogP) is 3.29. The van der Waals surface area contributed by atoms with Gasteiger partial charge < -0.3 is 9.73 Å². The smallest absolute Gasteiger partial charge is 0.144 e. The van der Waals surface area contributed by atoms with Crippen LogP contribution in [0.3, 0.4) is 0 Å². The molecule has 0 aromatic carbocycles. The van der Waals surface area contributed by atoms with Crippen LogP contribution in [0.2, 0.25) is 0 Å². The van der Waals surface area contributed by atoms with Crippen molar-refractivity contribution >= 4 is 5.82 Å². The summed E-state index contributed by atoms with van der Waals surface area (Å²) in [4.78, 5) is 4.24. The van der Waals surface area contributed by atoms with E-state index in [4.69, 9.17) is 9.68 Å². The van der Waals surface area contributed by atoms with Gasteiger partial charge in [0.2, 0.25) is 0 Å². The van der Waals surface area contributed by atoms with Gasteiger partial charge in [-0.3, -0.25) is 0 Å². The number of hydrogen-bond acceptors (Lipinski definition) is 4. The molecule has 0 fully saturated rings. The number of nitrogens with one attached hydrogen (secondary N) is 1. The van der Waals surface area contributed by atoms with Crippen molar-refractivity contribution in [3.8, 4) is 6.07 Å². The van der Waals surface area contributed by atoms with Crippen molar-refractivity contribution in [2.75, 3.05) is 5.32 Å². The van der Waals surface area contributed by atoms with Gasteiger partial charge in [-0.2, -0.15) is 5.26 Å². The molecule has 0 saturated carbocycles. The van der Waals surface area contributed by atoms with Crippen LogP contribution < -0.4 is 5.32 Å². The zero-order chi connectivity index (χ0) is 13.7. The molecule has 4 heteroatoms. The SMILES string of the molecule is Cc1ccnc(NC(C)CCc2ccco2)c1C#N. The standard InChI is InChI=1S/C15H17N3O/c1-11-7-8-17-15(14(11)10-16)18-12(2)5-6-13-4-3-9-19-13/h3-4,7-9,12H,5-6H2,1-2H3,(H,17,18). The molecule has 0 aliphatic rings. The molecular formula is C15H17N3O. The van der Waals surface area contributed by atoms with Gasteiger partial charge in [-0.05, 0) is 44.0 Å². The van der Waals surface area contributed by atoms with Crippen molar-refractivity contribution in [2.24, 2.45) is 0 Å². The van der Waals surface area contributed by atoms with Gasteiger partial charge in [0.1, 0.15) is 17.6 Å². The molecule has 98 valence electrons. The topological polar surface area (TPSA) is 61.9 Å². The van der Waals surface area contributed by atoms with Gasteiger partial charge in [-0.1, -0.05) is 0 Å². The third-order valence-electron chi connectivity index (χ3n) is 3.06. The maximum Gasteiger partial charge on any atom is 0.144 e. The van der Waals surface area contributed by atoms with E-state index < -0.39 is 0 Å². The molecule has 19 heavy (non-hydrogen) atoms. The average Bonchev–Trinajstić information content (AvgIpc) is 2.90. The van der Waals surface area contributed by atoms with E-state index in [9.17, 15) is 0 Å². The number of rotatable bonds is 5. The summed E-state index contributed by atoms with van der Waals surface area (Å²) in [5.74, 6) is 1.64. The molecular weight excluding hydrogens is 238 g/mol. The Bertz CT molecular complexity index is 570. The first-order valence-corrected chi connectivity index (χ1v) is 6.35. The van der Waals surface area contributed by atoms with Crippen LogP contribution in [0.4, 0.5) is 5.82 Å². The Morgan fingerprint density at radius 3 is 3.00 bits per heavy atom. The predicted molar refractivity (Wildman–Crippen MR) is 73.8 cm³/mol. The molecule has 1 unspecified atom stereocenters. The van der Waals surface area contributed by atoms with E-state index >= 15 is 0 Å². The van der Waals surface area contributed by atoms with Gasteiger partial charge in [-0.15, -0.1) is 0 Å². The Balaban J connectivity index is 1.97. The molecule has 1 atom stereocenters. The molecule has 2 heterocycles. The number of nitriles is 1. The number of furan rings is 1. The molecule has 1 N–H and O–H groups in total. The van der Waals surface area contributed by atoms with Crippen molar-refractivity contribution in [1.29, 1.82) is 5.26 Å². The van der Waals surface area contributed by atoms with Gasteiger partial charge in [0.25, 0.3) is 0 Å². The van der Waals surface area contributed by atoms with Crippen molar-refractivity contribution in [3.05, 3.63) is 47.5 Å². The molecule has 0 radical (unpaired) electrons. The Labute approximate surface area is 113 Å². The largest absolute Gasteiger partial charge is 0.469 e. The molecule has 2 aromatic heterocycles.